The third-order valence-corrected chi connectivity index (χ3v) is 6.09. The Labute approximate surface area is 183 Å². The van der Waals surface area contributed by atoms with Crippen LogP contribution in [0.2, 0.25) is 0 Å². The van der Waals surface area contributed by atoms with Gasteiger partial charge in [0, 0.05) is 13.0 Å². The number of hydrogen-bond donors (Lipinski definition) is 2. The van der Waals surface area contributed by atoms with Crippen molar-refractivity contribution in [3.63, 3.8) is 0 Å². The van der Waals surface area contributed by atoms with Gasteiger partial charge < -0.3 is 20.7 Å². The number of amides is 2. The molecule has 1 heterocycles. The molecule has 0 aliphatic carbocycles. The number of nitrogens with one attached hydrogen (secondary N) is 1. The number of hydrogen-bond acceptors (Lipinski definition) is 6. The van der Waals surface area contributed by atoms with Crippen molar-refractivity contribution in [1.82, 2.24) is 10.2 Å². The first-order chi connectivity index (χ1) is 14.1. The Morgan fingerprint density at radius 1 is 1.27 bits per heavy atom. The third-order valence-electron chi connectivity index (χ3n) is 5.45. The predicted octanol–water partition coefficient (Wildman–Crippen LogP) is 1.72. The van der Waals surface area contributed by atoms with Crippen LogP contribution < -0.4 is 11.1 Å². The number of nitrogens with two attached hydrogens (primary N) is 1. The lowest BCUT2D eigenvalue weighted by atomic mass is 9.85. The van der Waals surface area contributed by atoms with E-state index in [-0.39, 0.29) is 11.8 Å². The van der Waals surface area contributed by atoms with Crippen LogP contribution in [0.1, 0.15) is 38.3 Å². The van der Waals surface area contributed by atoms with Gasteiger partial charge in [0.1, 0.15) is 12.1 Å². The van der Waals surface area contributed by atoms with Crippen LogP contribution >= 0.6 is 11.8 Å². The molecule has 0 aromatic heterocycles. The summed E-state index contributed by atoms with van der Waals surface area (Å²) >= 11 is 1.58. The topological polar surface area (TPSA) is 102 Å². The monoisotopic (exact) mass is 435 g/mol. The molecule has 0 saturated carbocycles. The second kappa shape index (κ2) is 10.3. The quantitative estimate of drug-likeness (QED) is 0.633. The van der Waals surface area contributed by atoms with Crippen molar-refractivity contribution in [2.45, 2.75) is 58.3 Å². The first-order valence-electron chi connectivity index (χ1n) is 10.1. The van der Waals surface area contributed by atoms with Crippen LogP contribution in [0.5, 0.6) is 0 Å². The Morgan fingerprint density at radius 2 is 1.90 bits per heavy atom. The summed E-state index contributed by atoms with van der Waals surface area (Å²) in [6, 6.07) is 5.53. The molecule has 1 aliphatic rings. The first-order valence-corrected chi connectivity index (χ1v) is 11.5. The molecule has 0 saturated heterocycles. The molecule has 1 aromatic rings. The van der Waals surface area contributed by atoms with E-state index in [9.17, 15) is 14.4 Å². The fraction of sp³-hybridized carbons (Fsp3) is 0.591. The van der Waals surface area contributed by atoms with Crippen molar-refractivity contribution in [3.8, 4) is 0 Å². The summed E-state index contributed by atoms with van der Waals surface area (Å²) in [6.45, 7) is 6.01. The van der Waals surface area contributed by atoms with Crippen molar-refractivity contribution >= 4 is 29.5 Å². The van der Waals surface area contributed by atoms with E-state index in [1.807, 2.05) is 51.3 Å². The largest absolute Gasteiger partial charge is 0.467 e. The van der Waals surface area contributed by atoms with E-state index < -0.39 is 29.5 Å². The molecule has 1 aliphatic heterocycles. The number of nitrogens with zero attached hydrogens (tertiary/aromatic N) is 1. The Hall–Kier alpha value is -2.06. The van der Waals surface area contributed by atoms with E-state index in [1.165, 1.54) is 7.11 Å². The normalized spacial score (nSPS) is 18.2. The van der Waals surface area contributed by atoms with Gasteiger partial charge in [0.25, 0.3) is 0 Å². The van der Waals surface area contributed by atoms with Crippen molar-refractivity contribution in [2.75, 3.05) is 19.1 Å². The number of ether oxygens (including phenoxy) is 1. The van der Waals surface area contributed by atoms with Crippen LogP contribution in [-0.2, 0) is 32.1 Å². The van der Waals surface area contributed by atoms with Crippen molar-refractivity contribution in [3.05, 3.63) is 35.4 Å². The van der Waals surface area contributed by atoms with E-state index in [2.05, 4.69) is 5.32 Å². The average molecular weight is 436 g/mol. The highest BCUT2D eigenvalue weighted by Gasteiger charge is 2.40. The zero-order valence-electron chi connectivity index (χ0n) is 18.4. The maximum Gasteiger partial charge on any atom is 0.328 e. The molecule has 2 amide bonds. The standard InChI is InChI=1S/C22H33N3O4S/c1-22(2,3)18(23)20(27)25-13-15-9-7-6-8-14(15)12-17(25)19(26)24-16(10-11-30-5)21(28)29-4/h6-9,16-18H,10-13,23H2,1-5H3,(H,24,26)/t16-,17-,18+/m0/s1. The number of benzene rings is 1. The molecule has 0 unspecified atom stereocenters. The van der Waals surface area contributed by atoms with Gasteiger partial charge in [0.2, 0.25) is 11.8 Å². The Morgan fingerprint density at radius 3 is 2.47 bits per heavy atom. The second-order valence-electron chi connectivity index (χ2n) is 8.66. The van der Waals surface area contributed by atoms with Gasteiger partial charge in [-0.25, -0.2) is 4.79 Å². The SMILES string of the molecule is COC(=O)[C@H](CCSC)NC(=O)[C@@H]1Cc2ccccc2CN1C(=O)[C@@H](N)C(C)(C)C. The van der Waals surface area contributed by atoms with E-state index >= 15 is 0 Å². The maximum absolute atomic E-state index is 13.2. The summed E-state index contributed by atoms with van der Waals surface area (Å²) in [7, 11) is 1.30. The highest BCUT2D eigenvalue weighted by molar-refractivity contribution is 7.98. The summed E-state index contributed by atoms with van der Waals surface area (Å²) in [5.74, 6) is -0.422. The number of rotatable bonds is 7. The molecular formula is C22H33N3O4S. The predicted molar refractivity (Wildman–Crippen MR) is 119 cm³/mol. The zero-order valence-corrected chi connectivity index (χ0v) is 19.3. The van der Waals surface area contributed by atoms with Crippen molar-refractivity contribution in [1.29, 1.82) is 0 Å². The number of methoxy groups -OCH3 is 1. The van der Waals surface area contributed by atoms with Gasteiger partial charge in [-0.15, -0.1) is 0 Å². The maximum atomic E-state index is 13.2. The molecule has 3 atom stereocenters. The van der Waals surface area contributed by atoms with Crippen LogP contribution in [0.3, 0.4) is 0 Å². The minimum Gasteiger partial charge on any atom is -0.467 e. The average Bonchev–Trinajstić information content (AvgIpc) is 2.73. The van der Waals surface area contributed by atoms with Crippen LogP contribution in [0.25, 0.3) is 0 Å². The van der Waals surface area contributed by atoms with Gasteiger partial charge in [-0.2, -0.15) is 11.8 Å². The van der Waals surface area contributed by atoms with Gasteiger partial charge in [-0.05, 0) is 35.0 Å². The Bertz CT molecular complexity index is 778. The number of thioether (sulfide) groups is 1. The highest BCUT2D eigenvalue weighted by atomic mass is 32.2. The molecule has 30 heavy (non-hydrogen) atoms. The number of carbonyl (C=O) groups is 3. The fourth-order valence-corrected chi connectivity index (χ4v) is 3.90. The van der Waals surface area contributed by atoms with Gasteiger partial charge in [0.05, 0.1) is 13.2 Å². The van der Waals surface area contributed by atoms with Crippen LogP contribution in [-0.4, -0.2) is 59.9 Å². The zero-order chi connectivity index (χ0) is 22.5. The van der Waals surface area contributed by atoms with E-state index in [0.717, 1.165) is 11.1 Å². The number of esters is 1. The van der Waals surface area contributed by atoms with Gasteiger partial charge >= 0.3 is 5.97 Å². The molecule has 3 N–H and O–H groups in total. The molecule has 8 heteroatoms. The minimum absolute atomic E-state index is 0.268. The lowest BCUT2D eigenvalue weighted by molar-refractivity contribution is -0.148. The molecule has 2 rings (SSSR count). The number of fused-ring (bicyclic) bond motifs is 1. The van der Waals surface area contributed by atoms with Crippen LogP contribution in [0.15, 0.2) is 24.3 Å². The van der Waals surface area contributed by atoms with Gasteiger partial charge in [-0.1, -0.05) is 45.0 Å². The van der Waals surface area contributed by atoms with Crippen LogP contribution in [0.4, 0.5) is 0 Å². The summed E-state index contributed by atoms with van der Waals surface area (Å²) in [5, 5.41) is 2.80. The highest BCUT2D eigenvalue weighted by Crippen LogP contribution is 2.27. The minimum atomic E-state index is -0.750. The summed E-state index contributed by atoms with van der Waals surface area (Å²) in [6.07, 6.45) is 2.77. The molecular weight excluding hydrogens is 402 g/mol. The molecule has 166 valence electrons. The molecule has 7 nitrogen and oxygen atoms in total. The lowest BCUT2D eigenvalue weighted by Gasteiger charge is -2.40. The van der Waals surface area contributed by atoms with Gasteiger partial charge in [0.15, 0.2) is 0 Å². The molecule has 0 radical (unpaired) electrons. The van der Waals surface area contributed by atoms with E-state index in [0.29, 0.717) is 25.1 Å². The Kier molecular flexibility index (Phi) is 8.32. The molecule has 0 bridgehead atoms. The first kappa shape index (κ1) is 24.2. The van der Waals surface area contributed by atoms with E-state index in [1.54, 1.807) is 16.7 Å². The summed E-state index contributed by atoms with van der Waals surface area (Å²) in [4.78, 5) is 40.2. The van der Waals surface area contributed by atoms with Crippen molar-refractivity contribution < 1.29 is 19.1 Å². The van der Waals surface area contributed by atoms with Crippen molar-refractivity contribution in [2.24, 2.45) is 11.1 Å². The van der Waals surface area contributed by atoms with Crippen LogP contribution in [0, 0.1) is 5.41 Å². The van der Waals surface area contributed by atoms with Gasteiger partial charge in [-0.3, -0.25) is 9.59 Å². The third kappa shape index (κ3) is 5.76. The van der Waals surface area contributed by atoms with E-state index in [4.69, 9.17) is 10.5 Å². The summed E-state index contributed by atoms with van der Waals surface area (Å²) < 4.78 is 4.85. The molecule has 1 aromatic carbocycles. The summed E-state index contributed by atoms with van der Waals surface area (Å²) in [5.41, 5.74) is 7.82. The molecule has 0 fully saturated rings. The smallest absolute Gasteiger partial charge is 0.328 e. The lowest BCUT2D eigenvalue weighted by Crippen LogP contribution is -2.60. The number of carbonyl (C=O) groups excluding carboxylic acids is 3. The Balaban J connectivity index is 2.31. The second-order valence-corrected chi connectivity index (χ2v) is 9.65. The molecule has 0 spiro atoms. The fourth-order valence-electron chi connectivity index (χ4n) is 3.43.